The number of methoxy groups -OCH3 is 1. The van der Waals surface area contributed by atoms with Gasteiger partial charge in [-0.1, -0.05) is 62.4 Å². The maximum absolute atomic E-state index is 12.8. The number of hydrogen-bond donors (Lipinski definition) is 0. The monoisotopic (exact) mass is 381 g/mol. The minimum absolute atomic E-state index is 0.00863. The summed E-state index contributed by atoms with van der Waals surface area (Å²) in [5.74, 6) is -0.510. The standard InChI is InChI=1S/C23H27NO4/c1-5-24(21(15(2)3)22(25)27-4)23(26)28-14-20-18-12-8-6-10-16(18)17-11-7-9-13-19(17)20/h6-13,15,20-21H,5,14H2,1-4H3/t21-/m0/s1. The number of esters is 1. The summed E-state index contributed by atoms with van der Waals surface area (Å²) in [7, 11) is 1.34. The third-order valence-corrected chi connectivity index (χ3v) is 5.32. The van der Waals surface area contributed by atoms with E-state index in [4.69, 9.17) is 9.47 Å². The molecule has 28 heavy (non-hydrogen) atoms. The van der Waals surface area contributed by atoms with Gasteiger partial charge in [0.25, 0.3) is 0 Å². The lowest BCUT2D eigenvalue weighted by atomic mass is 9.98. The van der Waals surface area contributed by atoms with Gasteiger partial charge in [-0.05, 0) is 35.1 Å². The summed E-state index contributed by atoms with van der Waals surface area (Å²) in [5.41, 5.74) is 4.68. The third-order valence-electron chi connectivity index (χ3n) is 5.32. The minimum atomic E-state index is -0.661. The second-order valence-electron chi connectivity index (χ2n) is 7.30. The van der Waals surface area contributed by atoms with Gasteiger partial charge < -0.3 is 9.47 Å². The number of carbonyl (C=O) groups is 2. The normalized spacial score (nSPS) is 13.6. The van der Waals surface area contributed by atoms with E-state index >= 15 is 0 Å². The Kier molecular flexibility index (Phi) is 6.02. The first-order valence-electron chi connectivity index (χ1n) is 9.69. The van der Waals surface area contributed by atoms with Gasteiger partial charge in [0.05, 0.1) is 7.11 Å². The fourth-order valence-electron chi connectivity index (χ4n) is 4.00. The molecule has 0 saturated carbocycles. The summed E-state index contributed by atoms with van der Waals surface area (Å²) in [5, 5.41) is 0. The van der Waals surface area contributed by atoms with Gasteiger partial charge in [-0.25, -0.2) is 9.59 Å². The van der Waals surface area contributed by atoms with E-state index in [1.165, 1.54) is 23.1 Å². The van der Waals surface area contributed by atoms with E-state index in [1.54, 1.807) is 0 Å². The van der Waals surface area contributed by atoms with Gasteiger partial charge in [0.2, 0.25) is 0 Å². The van der Waals surface area contributed by atoms with Crippen LogP contribution in [0.1, 0.15) is 37.8 Å². The van der Waals surface area contributed by atoms with Crippen LogP contribution in [0.5, 0.6) is 0 Å². The molecule has 5 nitrogen and oxygen atoms in total. The van der Waals surface area contributed by atoms with E-state index in [9.17, 15) is 9.59 Å². The van der Waals surface area contributed by atoms with Crippen LogP contribution in [0, 0.1) is 5.92 Å². The van der Waals surface area contributed by atoms with Crippen molar-refractivity contribution in [3.8, 4) is 11.1 Å². The fraction of sp³-hybridized carbons (Fsp3) is 0.391. The number of benzene rings is 2. The fourth-order valence-corrected chi connectivity index (χ4v) is 4.00. The lowest BCUT2D eigenvalue weighted by Gasteiger charge is -2.31. The van der Waals surface area contributed by atoms with Crippen molar-refractivity contribution in [2.75, 3.05) is 20.3 Å². The van der Waals surface area contributed by atoms with Gasteiger partial charge in [0.15, 0.2) is 0 Å². The Hall–Kier alpha value is -2.82. The van der Waals surface area contributed by atoms with Gasteiger partial charge in [-0.2, -0.15) is 0 Å². The topological polar surface area (TPSA) is 55.8 Å². The van der Waals surface area contributed by atoms with Gasteiger partial charge in [-0.3, -0.25) is 4.90 Å². The highest BCUT2D eigenvalue weighted by Crippen LogP contribution is 2.44. The van der Waals surface area contributed by atoms with Crippen LogP contribution in [0.4, 0.5) is 4.79 Å². The van der Waals surface area contributed by atoms with Gasteiger partial charge in [0, 0.05) is 12.5 Å². The van der Waals surface area contributed by atoms with E-state index in [0.717, 1.165) is 11.1 Å². The molecule has 0 N–H and O–H groups in total. The lowest BCUT2D eigenvalue weighted by Crippen LogP contribution is -2.48. The molecule has 0 aliphatic heterocycles. The van der Waals surface area contributed by atoms with Crippen LogP contribution < -0.4 is 0 Å². The van der Waals surface area contributed by atoms with Gasteiger partial charge in [0.1, 0.15) is 12.6 Å². The summed E-state index contributed by atoms with van der Waals surface area (Å²) in [6.07, 6.45) is -0.492. The quantitative estimate of drug-likeness (QED) is 0.694. The maximum Gasteiger partial charge on any atom is 0.410 e. The number of hydrogen-bond acceptors (Lipinski definition) is 4. The number of fused-ring (bicyclic) bond motifs is 3. The van der Waals surface area contributed by atoms with Crippen molar-refractivity contribution in [1.82, 2.24) is 4.90 Å². The Morgan fingerprint density at radius 1 is 1.00 bits per heavy atom. The zero-order valence-electron chi connectivity index (χ0n) is 16.8. The highest BCUT2D eigenvalue weighted by atomic mass is 16.6. The predicted molar refractivity (Wildman–Crippen MR) is 108 cm³/mol. The van der Waals surface area contributed by atoms with Crippen LogP contribution in [0.25, 0.3) is 11.1 Å². The lowest BCUT2D eigenvalue weighted by molar-refractivity contribution is -0.148. The molecule has 0 unspecified atom stereocenters. The highest BCUT2D eigenvalue weighted by molar-refractivity contribution is 5.82. The summed E-state index contributed by atoms with van der Waals surface area (Å²) in [4.78, 5) is 26.4. The Morgan fingerprint density at radius 2 is 1.54 bits per heavy atom. The summed E-state index contributed by atoms with van der Waals surface area (Å²) >= 11 is 0. The van der Waals surface area contributed by atoms with Crippen LogP contribution in [-0.2, 0) is 14.3 Å². The van der Waals surface area contributed by atoms with E-state index < -0.39 is 18.1 Å². The number of rotatable bonds is 6. The van der Waals surface area contributed by atoms with Crippen molar-refractivity contribution in [3.05, 3.63) is 59.7 Å². The molecular formula is C23H27NO4. The molecule has 0 saturated heterocycles. The van der Waals surface area contributed by atoms with Gasteiger partial charge in [-0.15, -0.1) is 0 Å². The second-order valence-corrected chi connectivity index (χ2v) is 7.30. The number of likely N-dealkylation sites (N-methyl/N-ethyl adjacent to an activating group) is 1. The molecule has 148 valence electrons. The molecule has 0 bridgehead atoms. The highest BCUT2D eigenvalue weighted by Gasteiger charge is 2.35. The van der Waals surface area contributed by atoms with E-state index in [2.05, 4.69) is 24.3 Å². The minimum Gasteiger partial charge on any atom is -0.467 e. The number of nitrogens with zero attached hydrogens (tertiary/aromatic N) is 1. The van der Waals surface area contributed by atoms with E-state index in [-0.39, 0.29) is 18.4 Å². The molecule has 1 aliphatic rings. The van der Waals surface area contributed by atoms with Crippen molar-refractivity contribution in [2.24, 2.45) is 5.92 Å². The Labute approximate surface area is 166 Å². The zero-order chi connectivity index (χ0) is 20.3. The van der Waals surface area contributed by atoms with Crippen molar-refractivity contribution in [3.63, 3.8) is 0 Å². The Balaban J connectivity index is 1.79. The third kappa shape index (κ3) is 3.61. The van der Waals surface area contributed by atoms with Crippen LogP contribution in [0.2, 0.25) is 0 Å². The summed E-state index contributed by atoms with van der Waals surface area (Å²) < 4.78 is 10.6. The van der Waals surface area contributed by atoms with E-state index in [1.807, 2.05) is 45.0 Å². The Morgan fingerprint density at radius 3 is 2.00 bits per heavy atom. The number of ether oxygens (including phenoxy) is 2. The molecule has 2 aromatic carbocycles. The molecule has 0 heterocycles. The average molecular weight is 381 g/mol. The van der Waals surface area contributed by atoms with E-state index in [0.29, 0.717) is 6.54 Å². The average Bonchev–Trinajstić information content (AvgIpc) is 3.03. The molecule has 1 aliphatic carbocycles. The van der Waals surface area contributed by atoms with Crippen molar-refractivity contribution >= 4 is 12.1 Å². The maximum atomic E-state index is 12.8. The number of amides is 1. The SMILES string of the molecule is CCN(C(=O)OCC1c2ccccc2-c2ccccc21)[C@H](C(=O)OC)C(C)C. The van der Waals surface area contributed by atoms with Crippen LogP contribution >= 0.6 is 0 Å². The number of carbonyl (C=O) groups excluding carboxylic acids is 2. The molecule has 0 spiro atoms. The second kappa shape index (κ2) is 8.46. The molecule has 3 rings (SSSR count). The van der Waals surface area contributed by atoms with Crippen LogP contribution in [0.15, 0.2) is 48.5 Å². The van der Waals surface area contributed by atoms with Crippen LogP contribution in [-0.4, -0.2) is 43.3 Å². The van der Waals surface area contributed by atoms with Crippen molar-refractivity contribution in [2.45, 2.75) is 32.7 Å². The first-order valence-corrected chi connectivity index (χ1v) is 9.69. The summed E-state index contributed by atoms with van der Waals surface area (Å²) in [6.45, 7) is 6.21. The molecule has 1 atom stereocenters. The van der Waals surface area contributed by atoms with Crippen LogP contribution in [0.3, 0.4) is 0 Å². The molecule has 5 heteroatoms. The molecule has 0 aromatic heterocycles. The molecule has 0 radical (unpaired) electrons. The largest absolute Gasteiger partial charge is 0.467 e. The van der Waals surface area contributed by atoms with Gasteiger partial charge >= 0.3 is 12.1 Å². The predicted octanol–water partition coefficient (Wildman–Crippen LogP) is 4.46. The molecule has 1 amide bonds. The molecular weight excluding hydrogens is 354 g/mol. The summed E-state index contributed by atoms with van der Waals surface area (Å²) in [6, 6.07) is 15.7. The van der Waals surface area contributed by atoms with Crippen molar-refractivity contribution in [1.29, 1.82) is 0 Å². The zero-order valence-corrected chi connectivity index (χ0v) is 16.8. The smallest absolute Gasteiger partial charge is 0.410 e. The molecule has 2 aromatic rings. The first kappa shape index (κ1) is 19.9. The Bertz CT molecular complexity index is 816. The van der Waals surface area contributed by atoms with Crippen molar-refractivity contribution < 1.29 is 19.1 Å². The first-order chi connectivity index (χ1) is 13.5. The molecule has 0 fully saturated rings.